The largest absolute Gasteiger partial charge is 0.350 e. The van der Waals surface area contributed by atoms with Crippen LogP contribution in [0.1, 0.15) is 11.4 Å². The lowest BCUT2D eigenvalue weighted by molar-refractivity contribution is 0.811. The Balaban J connectivity index is 2.92. The van der Waals surface area contributed by atoms with E-state index in [1.165, 1.54) is 0 Å². The molecule has 0 atom stereocenters. The minimum Gasteiger partial charge on any atom is -0.350 e. The van der Waals surface area contributed by atoms with Crippen LogP contribution in [0.2, 0.25) is 0 Å². The van der Waals surface area contributed by atoms with E-state index >= 15 is 0 Å². The summed E-state index contributed by atoms with van der Waals surface area (Å²) >= 11 is 0. The maximum absolute atomic E-state index is 8.45. The van der Waals surface area contributed by atoms with Crippen LogP contribution in [0.4, 0.5) is 0 Å². The van der Waals surface area contributed by atoms with E-state index in [-0.39, 0.29) is 0 Å². The highest BCUT2D eigenvalue weighted by Crippen LogP contribution is 2.07. The van der Waals surface area contributed by atoms with Crippen LogP contribution >= 0.6 is 0 Å². The fourth-order valence-electron chi connectivity index (χ4n) is 1.12. The molecular formula is C9H9N3. The number of aromatic nitrogens is 1. The first-order valence-electron chi connectivity index (χ1n) is 3.67. The van der Waals surface area contributed by atoms with E-state index in [0.717, 1.165) is 11.4 Å². The molecule has 0 amide bonds. The molecule has 0 radical (unpaired) electrons. The molecule has 1 heterocycles. The van der Waals surface area contributed by atoms with Gasteiger partial charge >= 0.3 is 0 Å². The van der Waals surface area contributed by atoms with Gasteiger partial charge in [0.05, 0.1) is 25.0 Å². The Bertz CT molecular complexity index is 315. The fourth-order valence-corrected chi connectivity index (χ4v) is 1.12. The van der Waals surface area contributed by atoms with E-state index in [0.29, 0.717) is 12.8 Å². The van der Waals surface area contributed by atoms with Crippen LogP contribution in [0.3, 0.4) is 0 Å². The second kappa shape index (κ2) is 3.59. The predicted octanol–water partition coefficient (Wildman–Crippen LogP) is 1.16. The van der Waals surface area contributed by atoms with Crippen molar-refractivity contribution in [1.29, 1.82) is 10.5 Å². The summed E-state index contributed by atoms with van der Waals surface area (Å²) in [4.78, 5) is 0. The van der Waals surface area contributed by atoms with E-state index in [2.05, 4.69) is 12.1 Å². The molecule has 12 heavy (non-hydrogen) atoms. The van der Waals surface area contributed by atoms with Crippen molar-refractivity contribution in [3.8, 4) is 12.1 Å². The molecule has 60 valence electrons. The van der Waals surface area contributed by atoms with Gasteiger partial charge in [0.25, 0.3) is 0 Å². The molecule has 0 saturated heterocycles. The summed E-state index contributed by atoms with van der Waals surface area (Å²) in [6.45, 7) is 0. The van der Waals surface area contributed by atoms with Gasteiger partial charge in [-0.1, -0.05) is 0 Å². The van der Waals surface area contributed by atoms with Crippen molar-refractivity contribution < 1.29 is 0 Å². The smallest absolute Gasteiger partial charge is 0.0754 e. The van der Waals surface area contributed by atoms with E-state index in [1.54, 1.807) is 0 Å². The second-order valence-electron chi connectivity index (χ2n) is 2.54. The maximum atomic E-state index is 8.45. The van der Waals surface area contributed by atoms with Crippen LogP contribution in [-0.2, 0) is 19.9 Å². The third-order valence-corrected chi connectivity index (χ3v) is 1.85. The molecule has 0 bridgehead atoms. The molecule has 0 unspecified atom stereocenters. The molecule has 0 aliphatic carbocycles. The zero-order valence-electron chi connectivity index (χ0n) is 6.91. The van der Waals surface area contributed by atoms with Gasteiger partial charge in [-0.15, -0.1) is 0 Å². The van der Waals surface area contributed by atoms with Crippen LogP contribution in [-0.4, -0.2) is 4.57 Å². The Morgan fingerprint density at radius 1 is 1.17 bits per heavy atom. The van der Waals surface area contributed by atoms with Gasteiger partial charge < -0.3 is 4.57 Å². The lowest BCUT2D eigenvalue weighted by Gasteiger charge is -2.00. The first kappa shape index (κ1) is 8.36. The van der Waals surface area contributed by atoms with Crippen molar-refractivity contribution in [2.24, 2.45) is 7.05 Å². The van der Waals surface area contributed by atoms with Crippen LogP contribution < -0.4 is 0 Å². The first-order chi connectivity index (χ1) is 5.79. The molecule has 3 nitrogen and oxygen atoms in total. The predicted molar refractivity (Wildman–Crippen MR) is 44.0 cm³/mol. The Kier molecular flexibility index (Phi) is 2.50. The quantitative estimate of drug-likeness (QED) is 0.650. The second-order valence-corrected chi connectivity index (χ2v) is 2.54. The Morgan fingerprint density at radius 3 is 1.92 bits per heavy atom. The molecule has 1 rings (SSSR count). The van der Waals surface area contributed by atoms with Crippen molar-refractivity contribution in [1.82, 2.24) is 4.57 Å². The summed E-state index contributed by atoms with van der Waals surface area (Å²) < 4.78 is 1.90. The summed E-state index contributed by atoms with van der Waals surface area (Å²) in [6.07, 6.45) is 0.809. The van der Waals surface area contributed by atoms with E-state index in [4.69, 9.17) is 10.5 Å². The summed E-state index contributed by atoms with van der Waals surface area (Å²) in [7, 11) is 1.87. The Morgan fingerprint density at radius 2 is 1.58 bits per heavy atom. The van der Waals surface area contributed by atoms with Crippen molar-refractivity contribution in [2.75, 3.05) is 0 Å². The zero-order chi connectivity index (χ0) is 8.97. The van der Waals surface area contributed by atoms with E-state index < -0.39 is 0 Å². The molecule has 0 fully saturated rings. The number of nitrogens with zero attached hydrogens (tertiary/aromatic N) is 3. The van der Waals surface area contributed by atoms with Gasteiger partial charge in [0, 0.05) is 18.4 Å². The zero-order valence-corrected chi connectivity index (χ0v) is 6.91. The molecule has 0 aromatic carbocycles. The van der Waals surface area contributed by atoms with Crippen molar-refractivity contribution in [3.63, 3.8) is 0 Å². The molecule has 0 aliphatic heterocycles. The third kappa shape index (κ3) is 1.46. The molecular weight excluding hydrogens is 150 g/mol. The molecule has 0 aliphatic rings. The van der Waals surface area contributed by atoms with Crippen LogP contribution in [0.15, 0.2) is 12.1 Å². The monoisotopic (exact) mass is 159 g/mol. The third-order valence-electron chi connectivity index (χ3n) is 1.85. The van der Waals surface area contributed by atoms with Gasteiger partial charge in [0.2, 0.25) is 0 Å². The van der Waals surface area contributed by atoms with Crippen LogP contribution in [0.5, 0.6) is 0 Å². The average Bonchev–Trinajstić information content (AvgIpc) is 2.38. The van der Waals surface area contributed by atoms with Gasteiger partial charge in [-0.2, -0.15) is 10.5 Å². The number of rotatable bonds is 2. The van der Waals surface area contributed by atoms with Gasteiger partial charge in [-0.05, 0) is 12.1 Å². The number of hydrogen-bond donors (Lipinski definition) is 0. The highest BCUT2D eigenvalue weighted by atomic mass is 14.9. The number of nitriles is 2. The standard InChI is InChI=1S/C9H9N3/c1-12-8(4-6-10)2-3-9(12)5-7-11/h2-3H,4-5H2,1H3. The van der Waals surface area contributed by atoms with E-state index in [1.807, 2.05) is 23.7 Å². The number of hydrogen-bond acceptors (Lipinski definition) is 2. The SMILES string of the molecule is Cn1c(CC#N)ccc1CC#N. The van der Waals surface area contributed by atoms with Gasteiger partial charge in [0.15, 0.2) is 0 Å². The van der Waals surface area contributed by atoms with Gasteiger partial charge in [-0.3, -0.25) is 0 Å². The summed E-state index contributed by atoms with van der Waals surface area (Å²) in [5.41, 5.74) is 1.92. The van der Waals surface area contributed by atoms with Gasteiger partial charge in [0.1, 0.15) is 0 Å². The molecule has 1 aromatic rings. The van der Waals surface area contributed by atoms with Gasteiger partial charge in [-0.25, -0.2) is 0 Å². The maximum Gasteiger partial charge on any atom is 0.0754 e. The van der Waals surface area contributed by atoms with E-state index in [9.17, 15) is 0 Å². The summed E-state index contributed by atoms with van der Waals surface area (Å²) in [5, 5.41) is 16.9. The van der Waals surface area contributed by atoms with Crippen molar-refractivity contribution in [3.05, 3.63) is 23.5 Å². The van der Waals surface area contributed by atoms with Crippen LogP contribution in [0.25, 0.3) is 0 Å². The lowest BCUT2D eigenvalue weighted by atomic mass is 10.3. The highest BCUT2D eigenvalue weighted by molar-refractivity contribution is 5.20. The molecule has 1 aromatic heterocycles. The Labute approximate surface area is 71.5 Å². The van der Waals surface area contributed by atoms with Crippen LogP contribution in [0, 0.1) is 22.7 Å². The minimum atomic E-state index is 0.405. The van der Waals surface area contributed by atoms with Crippen molar-refractivity contribution in [2.45, 2.75) is 12.8 Å². The summed E-state index contributed by atoms with van der Waals surface area (Å²) in [6, 6.07) is 7.92. The molecule has 3 heteroatoms. The topological polar surface area (TPSA) is 52.5 Å². The molecule has 0 spiro atoms. The molecule has 0 N–H and O–H groups in total. The minimum absolute atomic E-state index is 0.405. The summed E-state index contributed by atoms with van der Waals surface area (Å²) in [5.74, 6) is 0. The average molecular weight is 159 g/mol. The first-order valence-corrected chi connectivity index (χ1v) is 3.67. The molecule has 0 saturated carbocycles. The fraction of sp³-hybridized carbons (Fsp3) is 0.333. The lowest BCUT2D eigenvalue weighted by Crippen LogP contribution is -1.99. The highest BCUT2D eigenvalue weighted by Gasteiger charge is 2.02. The Hall–Kier alpha value is -1.74. The van der Waals surface area contributed by atoms with Crippen molar-refractivity contribution >= 4 is 0 Å². The normalized spacial score (nSPS) is 8.92.